The summed E-state index contributed by atoms with van der Waals surface area (Å²) in [4.78, 5) is 12.8. The lowest BCUT2D eigenvalue weighted by Crippen LogP contribution is -2.19. The summed E-state index contributed by atoms with van der Waals surface area (Å²) in [5.74, 6) is 1.09. The molecular weight excluding hydrogens is 460 g/mol. The van der Waals surface area contributed by atoms with Crippen LogP contribution in [0.25, 0.3) is 16.8 Å². The van der Waals surface area contributed by atoms with E-state index in [0.29, 0.717) is 23.0 Å². The molecular formula is C31H28N4O2. The Hall–Kier alpha value is -4.84. The van der Waals surface area contributed by atoms with Gasteiger partial charge < -0.3 is 15.4 Å². The lowest BCUT2D eigenvalue weighted by Gasteiger charge is -2.15. The second-order valence-corrected chi connectivity index (χ2v) is 8.64. The maximum atomic E-state index is 12.8. The third-order valence-electron chi connectivity index (χ3n) is 6.00. The van der Waals surface area contributed by atoms with Crippen molar-refractivity contribution in [3.05, 3.63) is 120 Å². The first-order valence-corrected chi connectivity index (χ1v) is 12.3. The molecule has 5 aromatic rings. The van der Waals surface area contributed by atoms with Crippen molar-refractivity contribution in [2.75, 3.05) is 10.6 Å². The van der Waals surface area contributed by atoms with Crippen molar-refractivity contribution in [2.45, 2.75) is 20.3 Å². The summed E-state index contributed by atoms with van der Waals surface area (Å²) < 4.78 is 8.09. The molecule has 184 valence electrons. The molecule has 37 heavy (non-hydrogen) atoms. The fourth-order valence-corrected chi connectivity index (χ4v) is 4.17. The van der Waals surface area contributed by atoms with E-state index in [1.165, 1.54) is 5.56 Å². The molecule has 0 fully saturated rings. The standard InChI is InChI=1S/C31H28N4O2/c1-3-23-11-7-9-15-28(23)35-30(21-22(2)34-35)37-29-16-10-8-14-27(29)33-31(36)32-26-19-17-25(18-20-26)24-12-5-4-6-13-24/h4-21H,3H2,1-2H3,(H2,32,33,36). The molecule has 4 aromatic carbocycles. The summed E-state index contributed by atoms with van der Waals surface area (Å²) >= 11 is 0. The number of hydrogen-bond acceptors (Lipinski definition) is 3. The molecule has 2 amide bonds. The third-order valence-corrected chi connectivity index (χ3v) is 6.00. The molecule has 0 aliphatic carbocycles. The number of ether oxygens (including phenoxy) is 1. The van der Waals surface area contributed by atoms with Gasteiger partial charge in [-0.1, -0.05) is 79.7 Å². The fourth-order valence-electron chi connectivity index (χ4n) is 4.17. The molecule has 0 saturated heterocycles. The van der Waals surface area contributed by atoms with Crippen LogP contribution in [0.1, 0.15) is 18.2 Å². The number of hydrogen-bond donors (Lipinski definition) is 2. The van der Waals surface area contributed by atoms with Gasteiger partial charge in [0.1, 0.15) is 0 Å². The number of anilines is 2. The van der Waals surface area contributed by atoms with Gasteiger partial charge in [-0.2, -0.15) is 5.10 Å². The summed E-state index contributed by atoms with van der Waals surface area (Å²) in [6.07, 6.45) is 0.874. The molecule has 0 atom stereocenters. The third kappa shape index (κ3) is 5.54. The fraction of sp³-hybridized carbons (Fsp3) is 0.0968. The van der Waals surface area contributed by atoms with E-state index >= 15 is 0 Å². The summed E-state index contributed by atoms with van der Waals surface area (Å²) in [7, 11) is 0. The molecule has 1 heterocycles. The zero-order valence-electron chi connectivity index (χ0n) is 20.8. The molecule has 0 aliphatic heterocycles. The van der Waals surface area contributed by atoms with Gasteiger partial charge in [-0.3, -0.25) is 0 Å². The first-order valence-electron chi connectivity index (χ1n) is 12.3. The Morgan fingerprint density at radius 2 is 1.49 bits per heavy atom. The maximum Gasteiger partial charge on any atom is 0.323 e. The smallest absolute Gasteiger partial charge is 0.323 e. The number of nitrogens with zero attached hydrogens (tertiary/aromatic N) is 2. The van der Waals surface area contributed by atoms with Gasteiger partial charge in [0.05, 0.1) is 17.1 Å². The molecule has 0 bridgehead atoms. The Morgan fingerprint density at radius 1 is 0.811 bits per heavy atom. The number of aryl methyl sites for hydroxylation is 2. The Bertz CT molecular complexity index is 1510. The largest absolute Gasteiger partial charge is 0.437 e. The highest BCUT2D eigenvalue weighted by Gasteiger charge is 2.15. The summed E-state index contributed by atoms with van der Waals surface area (Å²) in [5.41, 5.74) is 6.43. The first kappa shape index (κ1) is 23.9. The molecule has 0 saturated carbocycles. The SMILES string of the molecule is CCc1ccccc1-n1nc(C)cc1Oc1ccccc1NC(=O)Nc1ccc(-c2ccccc2)cc1. The normalized spacial score (nSPS) is 10.6. The Labute approximate surface area is 216 Å². The van der Waals surface area contributed by atoms with E-state index in [9.17, 15) is 4.79 Å². The highest BCUT2D eigenvalue weighted by atomic mass is 16.5. The average Bonchev–Trinajstić information content (AvgIpc) is 3.30. The van der Waals surface area contributed by atoms with Crippen LogP contribution >= 0.6 is 0 Å². The molecule has 1 aromatic heterocycles. The number of carbonyl (C=O) groups excluding carboxylic acids is 1. The van der Waals surface area contributed by atoms with E-state index < -0.39 is 0 Å². The van der Waals surface area contributed by atoms with Crippen molar-refractivity contribution in [3.63, 3.8) is 0 Å². The molecule has 5 rings (SSSR count). The molecule has 2 N–H and O–H groups in total. The van der Waals surface area contributed by atoms with Gasteiger partial charge in [0.25, 0.3) is 0 Å². The monoisotopic (exact) mass is 488 g/mol. The molecule has 0 radical (unpaired) electrons. The van der Waals surface area contributed by atoms with Crippen molar-refractivity contribution in [3.8, 4) is 28.4 Å². The van der Waals surface area contributed by atoms with E-state index in [4.69, 9.17) is 4.74 Å². The molecule has 6 nitrogen and oxygen atoms in total. The highest BCUT2D eigenvalue weighted by Crippen LogP contribution is 2.32. The van der Waals surface area contributed by atoms with Crippen LogP contribution in [-0.4, -0.2) is 15.8 Å². The van der Waals surface area contributed by atoms with Gasteiger partial charge >= 0.3 is 6.03 Å². The van der Waals surface area contributed by atoms with Crippen LogP contribution in [-0.2, 0) is 6.42 Å². The van der Waals surface area contributed by atoms with Gasteiger partial charge in [0, 0.05) is 11.8 Å². The van der Waals surface area contributed by atoms with Crippen molar-refractivity contribution in [1.29, 1.82) is 0 Å². The molecule has 6 heteroatoms. The highest BCUT2D eigenvalue weighted by molar-refractivity contribution is 6.00. The summed E-state index contributed by atoms with van der Waals surface area (Å²) in [6.45, 7) is 4.04. The molecule has 0 spiro atoms. The van der Waals surface area contributed by atoms with Crippen LogP contribution in [0.5, 0.6) is 11.6 Å². The minimum atomic E-state index is -0.357. The number of aromatic nitrogens is 2. The lowest BCUT2D eigenvalue weighted by molar-refractivity contribution is 0.262. The second kappa shape index (κ2) is 10.8. The number of urea groups is 1. The van der Waals surface area contributed by atoms with Gasteiger partial charge in [-0.15, -0.1) is 0 Å². The number of benzene rings is 4. The van der Waals surface area contributed by atoms with E-state index in [0.717, 1.165) is 28.9 Å². The Kier molecular flexibility index (Phi) is 6.99. The van der Waals surface area contributed by atoms with Crippen LogP contribution in [0.3, 0.4) is 0 Å². The van der Waals surface area contributed by atoms with E-state index in [2.05, 4.69) is 40.9 Å². The minimum absolute atomic E-state index is 0.357. The quantitative estimate of drug-likeness (QED) is 0.245. The second-order valence-electron chi connectivity index (χ2n) is 8.64. The number of amides is 2. The topological polar surface area (TPSA) is 68.2 Å². The summed E-state index contributed by atoms with van der Waals surface area (Å²) in [5, 5.41) is 10.5. The number of carbonyl (C=O) groups is 1. The van der Waals surface area contributed by atoms with Gasteiger partial charge in [-0.05, 0) is 60.4 Å². The minimum Gasteiger partial charge on any atom is -0.437 e. The molecule has 0 aliphatic rings. The zero-order chi connectivity index (χ0) is 25.6. The van der Waals surface area contributed by atoms with Crippen LogP contribution < -0.4 is 15.4 Å². The van der Waals surface area contributed by atoms with E-state index in [1.807, 2.05) is 91.9 Å². The van der Waals surface area contributed by atoms with Crippen molar-refractivity contribution < 1.29 is 9.53 Å². The average molecular weight is 489 g/mol. The lowest BCUT2D eigenvalue weighted by atomic mass is 10.1. The number of para-hydroxylation sites is 3. The van der Waals surface area contributed by atoms with Crippen molar-refractivity contribution in [1.82, 2.24) is 9.78 Å². The molecule has 0 unspecified atom stereocenters. The van der Waals surface area contributed by atoms with Crippen LogP contribution in [0.4, 0.5) is 16.2 Å². The van der Waals surface area contributed by atoms with Crippen LogP contribution in [0, 0.1) is 6.92 Å². The Morgan fingerprint density at radius 3 is 2.27 bits per heavy atom. The van der Waals surface area contributed by atoms with Crippen LogP contribution in [0.15, 0.2) is 109 Å². The predicted octanol–water partition coefficient (Wildman–Crippen LogP) is 7.85. The van der Waals surface area contributed by atoms with E-state index in [-0.39, 0.29) is 6.03 Å². The van der Waals surface area contributed by atoms with Gasteiger partial charge in [-0.25, -0.2) is 9.48 Å². The van der Waals surface area contributed by atoms with Crippen molar-refractivity contribution >= 4 is 17.4 Å². The first-order chi connectivity index (χ1) is 18.1. The van der Waals surface area contributed by atoms with Gasteiger partial charge in [0.15, 0.2) is 5.75 Å². The van der Waals surface area contributed by atoms with Crippen LogP contribution in [0.2, 0.25) is 0 Å². The number of nitrogens with one attached hydrogen (secondary N) is 2. The number of rotatable bonds is 7. The maximum absolute atomic E-state index is 12.8. The van der Waals surface area contributed by atoms with Gasteiger partial charge in [0.2, 0.25) is 5.88 Å². The Balaban J connectivity index is 1.32. The van der Waals surface area contributed by atoms with E-state index in [1.54, 1.807) is 10.7 Å². The summed E-state index contributed by atoms with van der Waals surface area (Å²) in [6, 6.07) is 34.9. The zero-order valence-corrected chi connectivity index (χ0v) is 20.8. The predicted molar refractivity (Wildman–Crippen MR) is 149 cm³/mol. The van der Waals surface area contributed by atoms with Crippen molar-refractivity contribution in [2.24, 2.45) is 0 Å².